The molecule has 1 atom stereocenters. The summed E-state index contributed by atoms with van der Waals surface area (Å²) in [5.74, 6) is -0.398. The minimum Gasteiger partial charge on any atom is -0.306 e. The first kappa shape index (κ1) is 19.6. The lowest BCUT2D eigenvalue weighted by Gasteiger charge is -2.16. The van der Waals surface area contributed by atoms with Crippen molar-refractivity contribution in [2.75, 3.05) is 11.9 Å². The number of carbonyl (C=O) groups is 1. The van der Waals surface area contributed by atoms with Gasteiger partial charge in [-0.25, -0.2) is 14.2 Å². The minimum atomic E-state index is -4.46. The van der Waals surface area contributed by atoms with Crippen molar-refractivity contribution in [1.82, 2.24) is 14.8 Å². The lowest BCUT2D eigenvalue weighted by atomic mass is 10.0. The van der Waals surface area contributed by atoms with Gasteiger partial charge in [-0.05, 0) is 42.5 Å². The van der Waals surface area contributed by atoms with Crippen molar-refractivity contribution >= 4 is 17.4 Å². The first-order valence-corrected chi connectivity index (χ1v) is 8.90. The molecule has 0 spiro atoms. The Balaban J connectivity index is 1.56. The molecule has 1 N–H and O–H groups in total. The Kier molecular flexibility index (Phi) is 4.98. The Bertz CT molecular complexity index is 1060. The summed E-state index contributed by atoms with van der Waals surface area (Å²) in [7, 11) is 0. The number of hydrogen-bond acceptors (Lipinski definition) is 3. The summed E-state index contributed by atoms with van der Waals surface area (Å²) in [6.45, 7) is 0.154. The Morgan fingerprint density at radius 3 is 2.37 bits per heavy atom. The van der Waals surface area contributed by atoms with Crippen LogP contribution in [0.15, 0.2) is 72.1 Å². The van der Waals surface area contributed by atoms with Crippen LogP contribution in [0.4, 0.5) is 28.0 Å². The molecule has 6 nitrogen and oxygen atoms in total. The molecule has 1 aliphatic rings. The standard InChI is InChI=1S/C20H15F4N5O/c21-15-6-2-13(3-7-15)18-17(28-11-1-10-25-28)12-29(27-18)19(30)26-16-8-4-14(5-9-16)20(22,23)24/h1-11,17H,12H2,(H,26,30). The maximum absolute atomic E-state index is 13.3. The number of nitrogens with zero attached hydrogens (tertiary/aromatic N) is 4. The highest BCUT2D eigenvalue weighted by Gasteiger charge is 2.33. The van der Waals surface area contributed by atoms with Crippen molar-refractivity contribution in [3.63, 3.8) is 0 Å². The van der Waals surface area contributed by atoms with Crippen molar-refractivity contribution in [2.24, 2.45) is 5.10 Å². The van der Waals surface area contributed by atoms with E-state index >= 15 is 0 Å². The summed E-state index contributed by atoms with van der Waals surface area (Å²) >= 11 is 0. The SMILES string of the molecule is O=C(Nc1ccc(C(F)(F)F)cc1)N1CC(n2cccn2)C(c2ccc(F)cc2)=N1. The first-order chi connectivity index (χ1) is 14.3. The number of nitrogens with one attached hydrogen (secondary N) is 1. The smallest absolute Gasteiger partial charge is 0.306 e. The van der Waals surface area contributed by atoms with E-state index in [0.717, 1.165) is 12.1 Å². The van der Waals surface area contributed by atoms with Crippen LogP contribution in [0.5, 0.6) is 0 Å². The van der Waals surface area contributed by atoms with Gasteiger partial charge in [0.15, 0.2) is 0 Å². The van der Waals surface area contributed by atoms with Gasteiger partial charge in [0.2, 0.25) is 0 Å². The second-order valence-corrected chi connectivity index (χ2v) is 6.58. The van der Waals surface area contributed by atoms with Crippen molar-refractivity contribution in [2.45, 2.75) is 12.2 Å². The Morgan fingerprint density at radius 1 is 1.07 bits per heavy atom. The Hall–Kier alpha value is -3.69. The summed E-state index contributed by atoms with van der Waals surface area (Å²) in [5.41, 5.74) is 0.536. The molecular weight excluding hydrogens is 402 g/mol. The molecule has 0 bridgehead atoms. The van der Waals surface area contributed by atoms with Crippen LogP contribution >= 0.6 is 0 Å². The third-order valence-corrected chi connectivity index (χ3v) is 4.57. The molecule has 0 radical (unpaired) electrons. The highest BCUT2D eigenvalue weighted by atomic mass is 19.4. The average molecular weight is 417 g/mol. The van der Waals surface area contributed by atoms with Crippen LogP contribution in [0.2, 0.25) is 0 Å². The third-order valence-electron chi connectivity index (χ3n) is 4.57. The van der Waals surface area contributed by atoms with E-state index < -0.39 is 29.6 Å². The molecule has 0 fully saturated rings. The molecule has 0 aliphatic carbocycles. The van der Waals surface area contributed by atoms with Gasteiger partial charge in [-0.3, -0.25) is 4.68 Å². The van der Waals surface area contributed by atoms with E-state index in [9.17, 15) is 22.4 Å². The van der Waals surface area contributed by atoms with Gasteiger partial charge in [-0.1, -0.05) is 12.1 Å². The van der Waals surface area contributed by atoms with Gasteiger partial charge in [0.25, 0.3) is 0 Å². The number of amides is 2. The van der Waals surface area contributed by atoms with E-state index in [4.69, 9.17) is 0 Å². The van der Waals surface area contributed by atoms with Crippen LogP contribution in [-0.2, 0) is 6.18 Å². The number of anilines is 1. The zero-order valence-electron chi connectivity index (χ0n) is 15.3. The molecule has 30 heavy (non-hydrogen) atoms. The van der Waals surface area contributed by atoms with Gasteiger partial charge in [-0.2, -0.15) is 23.4 Å². The summed E-state index contributed by atoms with van der Waals surface area (Å²) in [6.07, 6.45) is -1.14. The first-order valence-electron chi connectivity index (χ1n) is 8.90. The molecular formula is C20H15F4N5O. The summed E-state index contributed by atoms with van der Waals surface area (Å²) in [4.78, 5) is 12.6. The zero-order chi connectivity index (χ0) is 21.3. The molecule has 2 amide bonds. The maximum Gasteiger partial charge on any atom is 0.416 e. The normalized spacial score (nSPS) is 16.5. The number of hydrazone groups is 1. The molecule has 10 heteroatoms. The van der Waals surface area contributed by atoms with E-state index in [1.807, 2.05) is 0 Å². The molecule has 1 aromatic heterocycles. The quantitative estimate of drug-likeness (QED) is 0.637. The topological polar surface area (TPSA) is 62.5 Å². The maximum atomic E-state index is 13.3. The molecule has 4 rings (SSSR count). The molecule has 1 aliphatic heterocycles. The predicted octanol–water partition coefficient (Wildman–Crippen LogP) is 4.53. The number of rotatable bonds is 3. The summed E-state index contributed by atoms with van der Waals surface area (Å²) < 4.78 is 53.0. The van der Waals surface area contributed by atoms with Crippen LogP contribution in [0.25, 0.3) is 0 Å². The lowest BCUT2D eigenvalue weighted by molar-refractivity contribution is -0.137. The van der Waals surface area contributed by atoms with E-state index in [1.54, 1.807) is 35.3 Å². The number of alkyl halides is 3. The van der Waals surface area contributed by atoms with Gasteiger partial charge in [0.05, 0.1) is 17.8 Å². The van der Waals surface area contributed by atoms with Crippen LogP contribution in [0, 0.1) is 5.82 Å². The van der Waals surface area contributed by atoms with Crippen molar-refractivity contribution in [1.29, 1.82) is 0 Å². The zero-order valence-corrected chi connectivity index (χ0v) is 15.3. The number of urea groups is 1. The highest BCUT2D eigenvalue weighted by molar-refractivity contribution is 6.06. The number of aromatic nitrogens is 2. The molecule has 0 saturated carbocycles. The second kappa shape index (κ2) is 7.62. The molecule has 154 valence electrons. The van der Waals surface area contributed by atoms with E-state index in [-0.39, 0.29) is 12.2 Å². The number of halogens is 4. The fraction of sp³-hybridized carbons (Fsp3) is 0.150. The monoisotopic (exact) mass is 417 g/mol. The summed E-state index contributed by atoms with van der Waals surface area (Å²) in [6, 6.07) is 10.5. The number of benzene rings is 2. The summed E-state index contributed by atoms with van der Waals surface area (Å²) in [5, 5.41) is 12.3. The molecule has 2 heterocycles. The van der Waals surface area contributed by atoms with Crippen molar-refractivity contribution in [3.05, 3.63) is 83.9 Å². The minimum absolute atomic E-state index is 0.154. The van der Waals surface area contributed by atoms with Crippen LogP contribution in [0.1, 0.15) is 17.2 Å². The second-order valence-electron chi connectivity index (χ2n) is 6.58. The van der Waals surface area contributed by atoms with Crippen LogP contribution < -0.4 is 5.32 Å². The third kappa shape index (κ3) is 4.02. The lowest BCUT2D eigenvalue weighted by Crippen LogP contribution is -2.31. The van der Waals surface area contributed by atoms with Crippen LogP contribution in [-0.4, -0.2) is 33.1 Å². The van der Waals surface area contributed by atoms with Gasteiger partial charge in [0.1, 0.15) is 11.9 Å². The van der Waals surface area contributed by atoms with Crippen molar-refractivity contribution in [3.8, 4) is 0 Å². The van der Waals surface area contributed by atoms with Crippen LogP contribution in [0.3, 0.4) is 0 Å². The van der Waals surface area contributed by atoms with Crippen molar-refractivity contribution < 1.29 is 22.4 Å². The fourth-order valence-electron chi connectivity index (χ4n) is 3.09. The van der Waals surface area contributed by atoms with Gasteiger partial charge < -0.3 is 5.32 Å². The Morgan fingerprint density at radius 2 is 1.77 bits per heavy atom. The number of carbonyl (C=O) groups excluding carboxylic acids is 1. The molecule has 1 unspecified atom stereocenters. The van der Waals surface area contributed by atoms with Gasteiger partial charge in [0, 0.05) is 23.6 Å². The molecule has 2 aromatic carbocycles. The number of hydrogen-bond donors (Lipinski definition) is 1. The molecule has 0 saturated heterocycles. The van der Waals surface area contributed by atoms with E-state index in [2.05, 4.69) is 15.5 Å². The molecule has 3 aromatic rings. The van der Waals surface area contributed by atoms with E-state index in [1.165, 1.54) is 29.3 Å². The van der Waals surface area contributed by atoms with E-state index in [0.29, 0.717) is 11.3 Å². The van der Waals surface area contributed by atoms with Gasteiger partial charge in [-0.15, -0.1) is 0 Å². The average Bonchev–Trinajstić information content (AvgIpc) is 3.38. The van der Waals surface area contributed by atoms with Gasteiger partial charge >= 0.3 is 12.2 Å². The Labute approximate surface area is 168 Å². The highest BCUT2D eigenvalue weighted by Crippen LogP contribution is 2.30. The fourth-order valence-corrected chi connectivity index (χ4v) is 3.09. The predicted molar refractivity (Wildman–Crippen MR) is 101 cm³/mol. The largest absolute Gasteiger partial charge is 0.416 e.